The van der Waals surface area contributed by atoms with Crippen LogP contribution in [0, 0.1) is 13.8 Å². The molecule has 1 unspecified atom stereocenters. The Kier molecular flexibility index (Phi) is 20.2. The molecule has 0 fully saturated rings. The molecule has 1 aromatic rings. The van der Waals surface area contributed by atoms with Crippen LogP contribution in [0.4, 0.5) is 19.2 Å². The largest absolute Gasteiger partial charge is 0.755 e. The van der Waals surface area contributed by atoms with E-state index in [2.05, 4.69) is 45.4 Å². The van der Waals surface area contributed by atoms with Gasteiger partial charge in [-0.25, -0.2) is 23.8 Å². The molecule has 48 heavy (non-hydrogen) atoms. The average Bonchev–Trinajstić information content (AvgIpc) is 3.05. The molecule has 1 atom stereocenters. The highest BCUT2D eigenvalue weighted by atomic mass is 31.2. The van der Waals surface area contributed by atoms with E-state index in [9.17, 15) is 33.4 Å². The van der Waals surface area contributed by atoms with Gasteiger partial charge in [0.2, 0.25) is 0 Å². The van der Waals surface area contributed by atoms with E-state index < -0.39 is 44.3 Å². The first-order valence-electron chi connectivity index (χ1n) is 14.9. The van der Waals surface area contributed by atoms with Gasteiger partial charge in [0.05, 0.1) is 33.7 Å². The quantitative estimate of drug-likeness (QED) is 0.0305. The molecule has 0 aliphatic rings. The molecule has 272 valence electrons. The molecule has 4 amide bonds. The Morgan fingerprint density at radius 3 is 1.90 bits per heavy atom. The lowest BCUT2D eigenvalue weighted by Gasteiger charge is -2.19. The number of phosphoric acid groups is 1. The third-order valence-corrected chi connectivity index (χ3v) is 6.97. The average molecular weight is 707 g/mol. The molecule has 5 N–H and O–H groups in total. The lowest BCUT2D eigenvalue weighted by molar-refractivity contribution is -0.228. The van der Waals surface area contributed by atoms with Gasteiger partial charge in [0.25, 0.3) is 7.82 Å². The van der Waals surface area contributed by atoms with Crippen LogP contribution in [0.25, 0.3) is 0 Å². The highest BCUT2D eigenvalue weighted by molar-refractivity contribution is 7.45. The number of rotatable bonds is 21. The van der Waals surface area contributed by atoms with Crippen molar-refractivity contribution in [3.8, 4) is 5.75 Å². The Bertz CT molecular complexity index is 1210. The van der Waals surface area contributed by atoms with Crippen molar-refractivity contribution in [1.82, 2.24) is 26.7 Å². The smallest absolute Gasteiger partial charge is 0.407 e. The van der Waals surface area contributed by atoms with Crippen LogP contribution in [0.15, 0.2) is 12.1 Å². The summed E-state index contributed by atoms with van der Waals surface area (Å²) in [6, 6.07) is 3.44. The summed E-state index contributed by atoms with van der Waals surface area (Å²) in [5, 5.41) is 9.77. The lowest BCUT2D eigenvalue weighted by Crippen LogP contribution is -2.44. The number of amides is 4. The van der Waals surface area contributed by atoms with E-state index in [-0.39, 0.29) is 32.7 Å². The van der Waals surface area contributed by atoms with Gasteiger partial charge in [-0.1, -0.05) is 12.8 Å². The Morgan fingerprint density at radius 2 is 1.33 bits per heavy atom. The highest BCUT2D eigenvalue weighted by Crippen LogP contribution is 2.34. The molecule has 19 nitrogen and oxygen atoms in total. The van der Waals surface area contributed by atoms with Crippen LogP contribution >= 0.6 is 7.82 Å². The number of ether oxygens (including phenoxy) is 5. The number of esters is 1. The second-order valence-corrected chi connectivity index (χ2v) is 11.5. The molecule has 0 saturated heterocycles. The number of methoxy groups -OCH3 is 2. The first kappa shape index (κ1) is 41.9. The second-order valence-electron chi connectivity index (χ2n) is 10.0. The number of hydrogen-bond acceptors (Lipinski definition) is 15. The minimum absolute atomic E-state index is 0.00419. The van der Waals surface area contributed by atoms with Crippen LogP contribution in [0.3, 0.4) is 0 Å². The Morgan fingerprint density at radius 1 is 0.771 bits per heavy atom. The van der Waals surface area contributed by atoms with E-state index >= 15 is 0 Å². The molecule has 1 aromatic carbocycles. The summed E-state index contributed by atoms with van der Waals surface area (Å²) in [6.45, 7) is 3.75. The first-order chi connectivity index (χ1) is 22.8. The zero-order valence-electron chi connectivity index (χ0n) is 27.7. The van der Waals surface area contributed by atoms with Gasteiger partial charge in [-0.05, 0) is 55.5 Å². The van der Waals surface area contributed by atoms with Crippen molar-refractivity contribution >= 4 is 38.2 Å². The summed E-state index contributed by atoms with van der Waals surface area (Å²) in [5.74, 6) is -0.286. The number of unbranched alkanes of at least 4 members (excludes halogenated alkanes) is 3. The summed E-state index contributed by atoms with van der Waals surface area (Å²) >= 11 is 0. The molecule has 0 aliphatic heterocycles. The van der Waals surface area contributed by atoms with Crippen LogP contribution in [-0.4, -0.2) is 90.5 Å². The summed E-state index contributed by atoms with van der Waals surface area (Å²) < 4.78 is 44.4. The maximum Gasteiger partial charge on any atom is 0.407 e. The number of alkyl carbamates (subject to hydrolysis) is 4. The lowest BCUT2D eigenvalue weighted by atomic mass is 10.1. The van der Waals surface area contributed by atoms with E-state index in [0.29, 0.717) is 48.4 Å². The number of hydrogen-bond donors (Lipinski definition) is 5. The second kappa shape index (κ2) is 23.2. The van der Waals surface area contributed by atoms with Gasteiger partial charge in [-0.3, -0.25) is 9.36 Å². The third-order valence-electron chi connectivity index (χ3n) is 6.17. The van der Waals surface area contributed by atoms with Crippen molar-refractivity contribution in [2.24, 2.45) is 0 Å². The van der Waals surface area contributed by atoms with E-state index in [1.54, 1.807) is 26.0 Å². The zero-order chi connectivity index (χ0) is 36.0. The van der Waals surface area contributed by atoms with Gasteiger partial charge >= 0.3 is 30.3 Å². The summed E-state index contributed by atoms with van der Waals surface area (Å²) in [7, 11) is -0.962. The van der Waals surface area contributed by atoms with E-state index in [0.717, 1.165) is 34.2 Å². The molecule has 0 heterocycles. The van der Waals surface area contributed by atoms with Gasteiger partial charge in [-0.2, -0.15) is 5.48 Å². The Hall–Kier alpha value is -4.16. The predicted octanol–water partition coefficient (Wildman–Crippen LogP) is 1.83. The maximum atomic E-state index is 12.5. The fourth-order valence-corrected chi connectivity index (χ4v) is 4.15. The minimum Gasteiger partial charge on any atom is -0.755 e. The fraction of sp³-hybridized carbons (Fsp3) is 0.607. The molecular formula is C28H45N5O14P-. The molecule has 1 rings (SSSR count). The number of benzene rings is 1. The summed E-state index contributed by atoms with van der Waals surface area (Å²) in [6.07, 6.45) is -1.20. The van der Waals surface area contributed by atoms with Crippen LogP contribution < -0.4 is 36.4 Å². The van der Waals surface area contributed by atoms with Gasteiger partial charge in [0.15, 0.2) is 0 Å². The van der Waals surface area contributed by atoms with Crippen molar-refractivity contribution in [2.45, 2.75) is 58.7 Å². The molecule has 0 aromatic heterocycles. The van der Waals surface area contributed by atoms with Crippen LogP contribution in [0.1, 0.15) is 48.8 Å². The molecular weight excluding hydrogens is 661 g/mol. The molecule has 0 radical (unpaired) electrons. The molecule has 0 aliphatic carbocycles. The predicted molar refractivity (Wildman–Crippen MR) is 166 cm³/mol. The normalized spacial score (nSPS) is 11.9. The number of carbonyl (C=O) groups excluding carboxylic acids is 5. The number of nitrogens with one attached hydrogen (secondary N) is 5. The monoisotopic (exact) mass is 706 g/mol. The summed E-state index contributed by atoms with van der Waals surface area (Å²) in [5.41, 5.74) is 4.27. The number of hydroxylamine groups is 1. The fourth-order valence-electron chi connectivity index (χ4n) is 3.83. The van der Waals surface area contributed by atoms with E-state index in [1.807, 2.05) is 0 Å². The SMILES string of the molecule is COC(=O)NCC(CNC(=O)OC)OC(=O)NCCC(=O)Oc1c(C)cc(COC(=O)NCCCCCCNOP(=O)([O-])OC)cc1C. The number of carbonyl (C=O) groups is 5. The van der Waals surface area contributed by atoms with Crippen molar-refractivity contribution in [1.29, 1.82) is 0 Å². The van der Waals surface area contributed by atoms with Gasteiger partial charge in [0, 0.05) is 26.7 Å². The molecule has 0 saturated carbocycles. The standard InChI is InChI=1S/C28H46N5O14P/c1-19-14-21(18-44-27(37)29-11-8-6-7-9-12-33-47-48(39,40)43-5)15-20(2)24(19)46-23(34)10-13-30-28(38)45-22(16-31-25(35)41-3)17-32-26(36)42-4/h14-15,22,33H,6-13,16-18H2,1-5H3,(H,29,37)(H,30,38)(H,31,35)(H,32,36)(H,39,40)/p-1. The van der Waals surface area contributed by atoms with Crippen molar-refractivity contribution in [3.05, 3.63) is 28.8 Å². The maximum absolute atomic E-state index is 12.5. The van der Waals surface area contributed by atoms with E-state index in [1.165, 1.54) is 0 Å². The summed E-state index contributed by atoms with van der Waals surface area (Å²) in [4.78, 5) is 70.4. The van der Waals surface area contributed by atoms with Gasteiger partial charge in [-0.15, -0.1) is 0 Å². The van der Waals surface area contributed by atoms with Crippen molar-refractivity contribution in [2.75, 3.05) is 54.1 Å². The van der Waals surface area contributed by atoms with Crippen LogP contribution in [-0.2, 0) is 44.1 Å². The number of aryl methyl sites for hydroxylation is 2. The Labute approximate surface area is 278 Å². The third kappa shape index (κ3) is 18.9. The van der Waals surface area contributed by atoms with Crippen molar-refractivity contribution in [3.63, 3.8) is 0 Å². The van der Waals surface area contributed by atoms with Crippen molar-refractivity contribution < 1.29 is 66.3 Å². The molecule has 20 heteroatoms. The van der Waals surface area contributed by atoms with E-state index in [4.69, 9.17) is 14.2 Å². The minimum atomic E-state index is -4.29. The Balaban J connectivity index is 2.39. The highest BCUT2D eigenvalue weighted by Gasteiger charge is 2.18. The van der Waals surface area contributed by atoms with Crippen LogP contribution in [0.5, 0.6) is 5.75 Å². The van der Waals surface area contributed by atoms with Crippen LogP contribution in [0.2, 0.25) is 0 Å². The number of phosphoric ester groups is 1. The van der Waals surface area contributed by atoms with Gasteiger partial charge < -0.3 is 54.4 Å². The molecule has 0 spiro atoms. The molecule has 0 bridgehead atoms. The topological polar surface area (TPSA) is 250 Å². The zero-order valence-corrected chi connectivity index (χ0v) is 28.6. The first-order valence-corrected chi connectivity index (χ1v) is 16.3. The van der Waals surface area contributed by atoms with Gasteiger partial charge in [0.1, 0.15) is 18.5 Å².